The largest absolute Gasteiger partial charge is 0.307 e. The first-order valence-corrected chi connectivity index (χ1v) is 7.07. The van der Waals surface area contributed by atoms with Crippen molar-refractivity contribution < 1.29 is 0 Å². The second-order valence-electron chi connectivity index (χ2n) is 5.22. The normalized spacial score (nSPS) is 19.9. The Bertz CT molecular complexity index is 576. The van der Waals surface area contributed by atoms with Gasteiger partial charge < -0.3 is 5.32 Å². The summed E-state index contributed by atoms with van der Waals surface area (Å²) in [5, 5.41) is 15.0. The highest BCUT2D eigenvalue weighted by Crippen LogP contribution is 2.19. The molecule has 0 fully saturated rings. The Morgan fingerprint density at radius 1 is 1.35 bits per heavy atom. The zero-order chi connectivity index (χ0) is 13.8. The number of rotatable bonds is 4. The average molecular weight is 269 g/mol. The summed E-state index contributed by atoms with van der Waals surface area (Å²) in [6.07, 6.45) is 9.66. The third-order valence-electron chi connectivity index (χ3n) is 3.74. The SMILES string of the molecule is CC(NC1CC=CCC1)c1cccc(-n2cnnn2)c1. The minimum absolute atomic E-state index is 0.322. The van der Waals surface area contributed by atoms with Gasteiger partial charge in [0, 0.05) is 12.1 Å². The second kappa shape index (κ2) is 5.96. The Morgan fingerprint density at radius 3 is 3.05 bits per heavy atom. The van der Waals surface area contributed by atoms with Crippen LogP contribution in [0.1, 0.15) is 37.8 Å². The molecule has 1 heterocycles. The van der Waals surface area contributed by atoms with Gasteiger partial charge in [0.15, 0.2) is 0 Å². The first-order valence-electron chi connectivity index (χ1n) is 7.07. The maximum Gasteiger partial charge on any atom is 0.143 e. The highest BCUT2D eigenvalue weighted by molar-refractivity contribution is 5.35. The molecule has 0 spiro atoms. The van der Waals surface area contributed by atoms with Gasteiger partial charge in [-0.1, -0.05) is 24.3 Å². The minimum atomic E-state index is 0.322. The van der Waals surface area contributed by atoms with Crippen LogP contribution in [0.25, 0.3) is 5.69 Å². The lowest BCUT2D eigenvalue weighted by Crippen LogP contribution is -2.32. The first kappa shape index (κ1) is 13.0. The van der Waals surface area contributed by atoms with Crippen molar-refractivity contribution in [3.8, 4) is 5.69 Å². The quantitative estimate of drug-likeness (QED) is 0.866. The second-order valence-corrected chi connectivity index (χ2v) is 5.22. The number of tetrazole rings is 1. The van der Waals surface area contributed by atoms with Crippen LogP contribution >= 0.6 is 0 Å². The Labute approximate surface area is 118 Å². The number of aromatic nitrogens is 4. The molecule has 0 saturated carbocycles. The number of hydrogen-bond acceptors (Lipinski definition) is 4. The molecule has 0 saturated heterocycles. The molecular weight excluding hydrogens is 250 g/mol. The van der Waals surface area contributed by atoms with Gasteiger partial charge in [-0.15, -0.1) is 5.10 Å². The van der Waals surface area contributed by atoms with Gasteiger partial charge in [0.05, 0.1) is 5.69 Å². The van der Waals surface area contributed by atoms with Crippen molar-refractivity contribution in [2.24, 2.45) is 0 Å². The number of nitrogens with one attached hydrogen (secondary N) is 1. The predicted molar refractivity (Wildman–Crippen MR) is 77.5 cm³/mol. The first-order chi connectivity index (χ1) is 9.83. The van der Waals surface area contributed by atoms with E-state index < -0.39 is 0 Å². The molecule has 2 unspecified atom stereocenters. The fourth-order valence-electron chi connectivity index (χ4n) is 2.61. The Morgan fingerprint density at radius 2 is 2.30 bits per heavy atom. The van der Waals surface area contributed by atoms with Crippen LogP contribution in [0.15, 0.2) is 42.7 Å². The molecule has 5 heteroatoms. The molecule has 1 aromatic carbocycles. The van der Waals surface area contributed by atoms with Crippen molar-refractivity contribution in [3.63, 3.8) is 0 Å². The summed E-state index contributed by atoms with van der Waals surface area (Å²) < 4.78 is 1.68. The van der Waals surface area contributed by atoms with E-state index in [1.54, 1.807) is 11.0 Å². The highest BCUT2D eigenvalue weighted by Gasteiger charge is 2.14. The molecule has 0 bridgehead atoms. The molecule has 0 aliphatic heterocycles. The highest BCUT2D eigenvalue weighted by atomic mass is 15.5. The fourth-order valence-corrected chi connectivity index (χ4v) is 2.61. The molecule has 0 radical (unpaired) electrons. The van der Waals surface area contributed by atoms with Gasteiger partial charge in [0.25, 0.3) is 0 Å². The zero-order valence-electron chi connectivity index (χ0n) is 11.6. The van der Waals surface area contributed by atoms with Gasteiger partial charge in [0.1, 0.15) is 6.33 Å². The summed E-state index contributed by atoms with van der Waals surface area (Å²) in [7, 11) is 0. The summed E-state index contributed by atoms with van der Waals surface area (Å²) in [6, 6.07) is 9.23. The molecule has 3 rings (SSSR count). The van der Waals surface area contributed by atoms with E-state index in [9.17, 15) is 0 Å². The van der Waals surface area contributed by atoms with Crippen molar-refractivity contribution in [1.82, 2.24) is 25.5 Å². The standard InChI is InChI=1S/C15H19N5/c1-12(17-14-7-3-2-4-8-14)13-6-5-9-15(10-13)20-11-16-18-19-20/h2-3,5-6,9-12,14,17H,4,7-8H2,1H3. The molecule has 1 aliphatic rings. The van der Waals surface area contributed by atoms with Crippen LogP contribution in [0, 0.1) is 0 Å². The van der Waals surface area contributed by atoms with E-state index in [1.165, 1.54) is 18.4 Å². The summed E-state index contributed by atoms with van der Waals surface area (Å²) in [5.41, 5.74) is 2.25. The van der Waals surface area contributed by atoms with Crippen molar-refractivity contribution in [3.05, 3.63) is 48.3 Å². The maximum atomic E-state index is 3.93. The monoisotopic (exact) mass is 269 g/mol. The van der Waals surface area contributed by atoms with Crippen molar-refractivity contribution in [2.45, 2.75) is 38.3 Å². The minimum Gasteiger partial charge on any atom is -0.307 e. The van der Waals surface area contributed by atoms with E-state index >= 15 is 0 Å². The van der Waals surface area contributed by atoms with Crippen molar-refractivity contribution in [1.29, 1.82) is 0 Å². The molecular formula is C15H19N5. The third kappa shape index (κ3) is 2.93. The topological polar surface area (TPSA) is 55.6 Å². The van der Waals surface area contributed by atoms with Crippen LogP contribution in [0.3, 0.4) is 0 Å². The van der Waals surface area contributed by atoms with E-state index in [4.69, 9.17) is 0 Å². The van der Waals surface area contributed by atoms with Gasteiger partial charge >= 0.3 is 0 Å². The lowest BCUT2D eigenvalue weighted by molar-refractivity contribution is 0.426. The lowest BCUT2D eigenvalue weighted by atomic mass is 9.99. The van der Waals surface area contributed by atoms with E-state index in [0.717, 1.165) is 12.1 Å². The van der Waals surface area contributed by atoms with Crippen LogP contribution in [0.2, 0.25) is 0 Å². The Balaban J connectivity index is 1.73. The van der Waals surface area contributed by atoms with E-state index in [2.05, 4.69) is 52.1 Å². The van der Waals surface area contributed by atoms with Gasteiger partial charge in [-0.05, 0) is 54.3 Å². The smallest absolute Gasteiger partial charge is 0.143 e. The average Bonchev–Trinajstić information content (AvgIpc) is 3.03. The molecule has 0 amide bonds. The van der Waals surface area contributed by atoms with Gasteiger partial charge in [0.2, 0.25) is 0 Å². The van der Waals surface area contributed by atoms with E-state index in [0.29, 0.717) is 12.1 Å². The molecule has 1 aliphatic carbocycles. The third-order valence-corrected chi connectivity index (χ3v) is 3.74. The molecule has 104 valence electrons. The van der Waals surface area contributed by atoms with Crippen molar-refractivity contribution in [2.75, 3.05) is 0 Å². The summed E-state index contributed by atoms with van der Waals surface area (Å²) >= 11 is 0. The molecule has 5 nitrogen and oxygen atoms in total. The number of allylic oxidation sites excluding steroid dienone is 1. The van der Waals surface area contributed by atoms with Crippen LogP contribution in [-0.2, 0) is 0 Å². The van der Waals surface area contributed by atoms with Crippen LogP contribution in [0.4, 0.5) is 0 Å². The predicted octanol–water partition coefficient (Wildman–Crippen LogP) is 2.42. The fraction of sp³-hybridized carbons (Fsp3) is 0.400. The summed E-state index contributed by atoms with van der Waals surface area (Å²) in [5.74, 6) is 0. The Kier molecular flexibility index (Phi) is 3.87. The molecule has 2 aromatic rings. The summed E-state index contributed by atoms with van der Waals surface area (Å²) in [4.78, 5) is 0. The van der Waals surface area contributed by atoms with Gasteiger partial charge in [-0.25, -0.2) is 4.68 Å². The van der Waals surface area contributed by atoms with E-state index in [1.807, 2.05) is 12.1 Å². The van der Waals surface area contributed by atoms with Crippen LogP contribution < -0.4 is 5.32 Å². The molecule has 2 atom stereocenters. The maximum absolute atomic E-state index is 3.93. The van der Waals surface area contributed by atoms with Crippen LogP contribution in [-0.4, -0.2) is 26.2 Å². The number of hydrogen-bond donors (Lipinski definition) is 1. The number of benzene rings is 1. The molecule has 1 aromatic heterocycles. The molecule has 1 N–H and O–H groups in total. The number of nitrogens with zero attached hydrogens (tertiary/aromatic N) is 4. The summed E-state index contributed by atoms with van der Waals surface area (Å²) in [6.45, 7) is 2.21. The van der Waals surface area contributed by atoms with Gasteiger partial charge in [-0.2, -0.15) is 0 Å². The van der Waals surface area contributed by atoms with E-state index in [-0.39, 0.29) is 0 Å². The zero-order valence-corrected chi connectivity index (χ0v) is 11.6. The lowest BCUT2D eigenvalue weighted by Gasteiger charge is -2.24. The van der Waals surface area contributed by atoms with Gasteiger partial charge in [-0.3, -0.25) is 0 Å². The van der Waals surface area contributed by atoms with Crippen LogP contribution in [0.5, 0.6) is 0 Å². The molecule has 20 heavy (non-hydrogen) atoms. The Hall–Kier alpha value is -2.01. The van der Waals surface area contributed by atoms with Crippen molar-refractivity contribution >= 4 is 0 Å².